The van der Waals surface area contributed by atoms with Gasteiger partial charge in [0, 0.05) is 55.7 Å². The topological polar surface area (TPSA) is 104 Å². The normalized spacial score (nSPS) is 20.7. The number of aromatic amines is 1. The molecule has 5 aromatic rings. The van der Waals surface area contributed by atoms with Gasteiger partial charge in [0.1, 0.15) is 17.8 Å². The van der Waals surface area contributed by atoms with Crippen molar-refractivity contribution in [3.63, 3.8) is 0 Å². The highest BCUT2D eigenvalue weighted by Gasteiger charge is 2.30. The van der Waals surface area contributed by atoms with Gasteiger partial charge in [-0.25, -0.2) is 15.0 Å². The van der Waals surface area contributed by atoms with E-state index < -0.39 is 0 Å². The van der Waals surface area contributed by atoms with Gasteiger partial charge in [-0.15, -0.1) is 0 Å². The lowest BCUT2D eigenvalue weighted by Crippen LogP contribution is -2.49. The van der Waals surface area contributed by atoms with Gasteiger partial charge < -0.3 is 25.5 Å². The second-order valence-electron chi connectivity index (χ2n) is 11.9. The van der Waals surface area contributed by atoms with Crippen LogP contribution in [0.4, 0.5) is 17.5 Å². The molecular formula is C32H39N9. The number of H-pyrrole nitrogens is 1. The van der Waals surface area contributed by atoms with Crippen molar-refractivity contribution < 1.29 is 0 Å². The van der Waals surface area contributed by atoms with Crippen molar-refractivity contribution >= 4 is 39.5 Å². The third kappa shape index (κ3) is 4.83. The standard InChI is InChI=1S/C32H39N9/c1-20-4-13-27-29(21(20)2)38-32(37-27)36-23-7-5-22(6-8-23)26-18-41(31-28(26)30(33)34-19-35-31)25-11-9-24(10-12-25)40-16-14-39(3)15-17-40/h4-8,13,18-19,24-25H,9-12,14-17H2,1-3H3,(H2,33,34,35)(H2,36,37,38)/t24-,25+. The average Bonchev–Trinajstić information content (AvgIpc) is 3.59. The Bertz CT molecular complexity index is 1680. The minimum absolute atomic E-state index is 0.422. The molecule has 9 heteroatoms. The van der Waals surface area contributed by atoms with Crippen LogP contribution in [0.3, 0.4) is 0 Å². The molecule has 0 atom stereocenters. The first-order valence-electron chi connectivity index (χ1n) is 14.8. The van der Waals surface area contributed by atoms with E-state index in [1.165, 1.54) is 50.1 Å². The average molecular weight is 550 g/mol. The van der Waals surface area contributed by atoms with Crippen molar-refractivity contribution in [2.75, 3.05) is 44.3 Å². The number of benzene rings is 2. The molecule has 0 radical (unpaired) electrons. The van der Waals surface area contributed by atoms with Crippen molar-refractivity contribution in [3.8, 4) is 11.1 Å². The van der Waals surface area contributed by atoms with Crippen molar-refractivity contribution in [1.82, 2.24) is 34.3 Å². The second-order valence-corrected chi connectivity index (χ2v) is 11.9. The summed E-state index contributed by atoms with van der Waals surface area (Å²) in [5.74, 6) is 1.27. The summed E-state index contributed by atoms with van der Waals surface area (Å²) in [4.78, 5) is 22.4. The fraction of sp³-hybridized carbons (Fsp3) is 0.406. The highest BCUT2D eigenvalue weighted by molar-refractivity contribution is 6.00. The first-order chi connectivity index (χ1) is 19.9. The molecule has 0 unspecified atom stereocenters. The maximum atomic E-state index is 6.46. The van der Waals surface area contributed by atoms with Crippen molar-refractivity contribution in [1.29, 1.82) is 0 Å². The molecule has 1 aliphatic carbocycles. The Morgan fingerprint density at radius 1 is 0.902 bits per heavy atom. The van der Waals surface area contributed by atoms with E-state index in [1.54, 1.807) is 6.33 Å². The summed E-state index contributed by atoms with van der Waals surface area (Å²) >= 11 is 0. The van der Waals surface area contributed by atoms with Gasteiger partial charge in [-0.2, -0.15) is 0 Å². The van der Waals surface area contributed by atoms with Crippen molar-refractivity contribution in [3.05, 3.63) is 60.0 Å². The molecule has 7 rings (SSSR count). The molecule has 1 saturated carbocycles. The number of nitrogens with zero attached hydrogens (tertiary/aromatic N) is 6. The molecule has 212 valence electrons. The number of fused-ring (bicyclic) bond motifs is 2. The van der Waals surface area contributed by atoms with E-state index in [0.717, 1.165) is 57.7 Å². The van der Waals surface area contributed by atoms with E-state index in [-0.39, 0.29) is 0 Å². The van der Waals surface area contributed by atoms with Crippen LogP contribution in [0.5, 0.6) is 0 Å². The predicted octanol–water partition coefficient (Wildman–Crippen LogP) is 5.65. The van der Waals surface area contributed by atoms with E-state index in [1.807, 2.05) is 0 Å². The summed E-state index contributed by atoms with van der Waals surface area (Å²) in [6.45, 7) is 8.95. The smallest absolute Gasteiger partial charge is 0.205 e. The zero-order valence-electron chi connectivity index (χ0n) is 24.2. The number of anilines is 3. The third-order valence-electron chi connectivity index (χ3n) is 9.39. The zero-order valence-corrected chi connectivity index (χ0v) is 24.2. The molecule has 0 bridgehead atoms. The molecule has 1 aliphatic heterocycles. The number of aryl methyl sites for hydroxylation is 2. The third-order valence-corrected chi connectivity index (χ3v) is 9.39. The van der Waals surface area contributed by atoms with Crippen LogP contribution in [0.1, 0.15) is 42.9 Å². The zero-order chi connectivity index (χ0) is 28.1. The summed E-state index contributed by atoms with van der Waals surface area (Å²) in [7, 11) is 2.23. The summed E-state index contributed by atoms with van der Waals surface area (Å²) in [6.07, 6.45) is 8.62. The Balaban J connectivity index is 1.12. The summed E-state index contributed by atoms with van der Waals surface area (Å²) in [5.41, 5.74) is 15.0. The summed E-state index contributed by atoms with van der Waals surface area (Å²) in [6, 6.07) is 13.8. The minimum atomic E-state index is 0.422. The number of nitrogen functional groups attached to an aromatic ring is 1. The lowest BCUT2D eigenvalue weighted by atomic mass is 9.89. The molecule has 3 aromatic heterocycles. The maximum Gasteiger partial charge on any atom is 0.205 e. The van der Waals surface area contributed by atoms with Gasteiger partial charge >= 0.3 is 0 Å². The number of nitrogens with two attached hydrogens (primary N) is 1. The van der Waals surface area contributed by atoms with Crippen LogP contribution < -0.4 is 11.1 Å². The molecule has 2 aromatic carbocycles. The van der Waals surface area contributed by atoms with Crippen LogP contribution >= 0.6 is 0 Å². The number of hydrogen-bond donors (Lipinski definition) is 3. The first kappa shape index (κ1) is 26.0. The number of imidazole rings is 1. The Morgan fingerprint density at radius 2 is 1.63 bits per heavy atom. The van der Waals surface area contributed by atoms with Gasteiger partial charge in [-0.1, -0.05) is 18.2 Å². The molecule has 4 N–H and O–H groups in total. The van der Waals surface area contributed by atoms with Crippen molar-refractivity contribution in [2.24, 2.45) is 0 Å². The minimum Gasteiger partial charge on any atom is -0.383 e. The number of nitrogens with one attached hydrogen (secondary N) is 2. The number of aromatic nitrogens is 5. The molecule has 0 spiro atoms. The fourth-order valence-electron chi connectivity index (χ4n) is 6.74. The van der Waals surface area contributed by atoms with Crippen LogP contribution in [0.2, 0.25) is 0 Å². The molecular weight excluding hydrogens is 510 g/mol. The van der Waals surface area contributed by atoms with Gasteiger partial charge in [0.2, 0.25) is 5.95 Å². The highest BCUT2D eigenvalue weighted by atomic mass is 15.3. The quantitative estimate of drug-likeness (QED) is 0.260. The molecule has 0 amide bonds. The molecule has 4 heterocycles. The lowest BCUT2D eigenvalue weighted by Gasteiger charge is -2.41. The SMILES string of the molecule is Cc1ccc2[nH]c(Nc3ccc(-c4cn([C@H]5CC[C@@H](N6CCN(C)CC6)CC5)c5ncnc(N)c45)cc3)nc2c1C. The number of rotatable bonds is 5. The molecule has 9 nitrogen and oxygen atoms in total. The first-order valence-corrected chi connectivity index (χ1v) is 14.8. The largest absolute Gasteiger partial charge is 0.383 e. The molecule has 2 fully saturated rings. The Hall–Kier alpha value is -3.95. The molecule has 41 heavy (non-hydrogen) atoms. The summed E-state index contributed by atoms with van der Waals surface area (Å²) < 4.78 is 2.37. The van der Waals surface area contributed by atoms with E-state index in [0.29, 0.717) is 17.9 Å². The number of hydrogen-bond acceptors (Lipinski definition) is 7. The monoisotopic (exact) mass is 549 g/mol. The predicted molar refractivity (Wildman–Crippen MR) is 167 cm³/mol. The molecule has 1 saturated heterocycles. The number of likely N-dealkylation sites (N-methyl/N-ethyl adjacent to an activating group) is 1. The van der Waals surface area contributed by atoms with Crippen LogP contribution in [0, 0.1) is 13.8 Å². The van der Waals surface area contributed by atoms with Gasteiger partial charge in [0.05, 0.1) is 16.4 Å². The van der Waals surface area contributed by atoms with Gasteiger partial charge in [-0.05, 0) is 81.5 Å². The van der Waals surface area contributed by atoms with E-state index in [2.05, 4.69) is 93.1 Å². The van der Waals surface area contributed by atoms with Crippen LogP contribution in [0.15, 0.2) is 48.9 Å². The Kier molecular flexibility index (Phi) is 6.63. The highest BCUT2D eigenvalue weighted by Crippen LogP contribution is 2.39. The summed E-state index contributed by atoms with van der Waals surface area (Å²) in [5, 5.41) is 4.37. The van der Waals surface area contributed by atoms with Gasteiger partial charge in [0.15, 0.2) is 0 Å². The van der Waals surface area contributed by atoms with Crippen LogP contribution in [0.25, 0.3) is 33.2 Å². The van der Waals surface area contributed by atoms with E-state index >= 15 is 0 Å². The molecule has 2 aliphatic rings. The van der Waals surface area contributed by atoms with Crippen LogP contribution in [-0.4, -0.2) is 73.6 Å². The van der Waals surface area contributed by atoms with Crippen molar-refractivity contribution in [2.45, 2.75) is 51.6 Å². The Morgan fingerprint density at radius 3 is 2.39 bits per heavy atom. The van der Waals surface area contributed by atoms with Crippen LogP contribution in [-0.2, 0) is 0 Å². The van der Waals surface area contributed by atoms with E-state index in [9.17, 15) is 0 Å². The second kappa shape index (κ2) is 10.5. The number of piperazine rings is 1. The van der Waals surface area contributed by atoms with Gasteiger partial charge in [-0.3, -0.25) is 4.90 Å². The maximum absolute atomic E-state index is 6.46. The van der Waals surface area contributed by atoms with E-state index in [4.69, 9.17) is 15.7 Å². The fourth-order valence-corrected chi connectivity index (χ4v) is 6.74. The van der Waals surface area contributed by atoms with Gasteiger partial charge in [0.25, 0.3) is 0 Å². The lowest BCUT2D eigenvalue weighted by molar-refractivity contribution is 0.0828. The Labute approximate surface area is 240 Å².